The standard InChI is InChI=1S/C17H22N2O4/c1-17(2,3)23-16(20)18-11-10-14(12-18)5-4-13-6-8-15(9-7-13)19(21)22/h4-9,14H,10-12H2,1-3H3/b5-4+/t14-/m0/s1. The molecule has 124 valence electrons. The number of benzene rings is 1. The lowest BCUT2D eigenvalue weighted by atomic mass is 10.1. The lowest BCUT2D eigenvalue weighted by molar-refractivity contribution is -0.384. The van der Waals surface area contributed by atoms with Gasteiger partial charge >= 0.3 is 6.09 Å². The van der Waals surface area contributed by atoms with E-state index in [4.69, 9.17) is 4.74 Å². The van der Waals surface area contributed by atoms with Crippen molar-refractivity contribution >= 4 is 17.9 Å². The molecule has 0 saturated carbocycles. The Morgan fingerprint density at radius 3 is 2.57 bits per heavy atom. The molecule has 1 aliphatic heterocycles. The van der Waals surface area contributed by atoms with Crippen molar-refractivity contribution in [1.82, 2.24) is 4.90 Å². The molecular formula is C17H22N2O4. The van der Waals surface area contributed by atoms with Crippen LogP contribution in [-0.4, -0.2) is 34.6 Å². The van der Waals surface area contributed by atoms with Crippen molar-refractivity contribution < 1.29 is 14.5 Å². The van der Waals surface area contributed by atoms with Gasteiger partial charge < -0.3 is 9.64 Å². The molecular weight excluding hydrogens is 296 g/mol. The van der Waals surface area contributed by atoms with Crippen molar-refractivity contribution in [3.05, 3.63) is 46.0 Å². The molecule has 1 saturated heterocycles. The van der Waals surface area contributed by atoms with Gasteiger partial charge in [0.05, 0.1) is 4.92 Å². The topological polar surface area (TPSA) is 72.7 Å². The van der Waals surface area contributed by atoms with Gasteiger partial charge in [-0.3, -0.25) is 10.1 Å². The highest BCUT2D eigenvalue weighted by Gasteiger charge is 2.28. The van der Waals surface area contributed by atoms with Crippen LogP contribution in [0.15, 0.2) is 30.3 Å². The summed E-state index contributed by atoms with van der Waals surface area (Å²) in [5.74, 6) is 0.276. The average Bonchev–Trinajstić information content (AvgIpc) is 2.93. The molecule has 1 aromatic carbocycles. The molecule has 0 aromatic heterocycles. The molecule has 0 bridgehead atoms. The molecule has 0 N–H and O–H groups in total. The van der Waals surface area contributed by atoms with Gasteiger partial charge in [-0.05, 0) is 50.8 Å². The molecule has 0 unspecified atom stereocenters. The van der Waals surface area contributed by atoms with Crippen LogP contribution in [0.5, 0.6) is 0 Å². The number of carbonyl (C=O) groups excluding carboxylic acids is 1. The van der Waals surface area contributed by atoms with Crippen LogP contribution in [0, 0.1) is 16.0 Å². The van der Waals surface area contributed by atoms with Crippen LogP contribution < -0.4 is 0 Å². The quantitative estimate of drug-likeness (QED) is 0.626. The third-order valence-electron chi connectivity index (χ3n) is 3.54. The van der Waals surface area contributed by atoms with Gasteiger partial charge in [-0.15, -0.1) is 0 Å². The van der Waals surface area contributed by atoms with Crippen LogP contribution in [0.1, 0.15) is 32.8 Å². The number of nitro benzene ring substituents is 1. The number of likely N-dealkylation sites (tertiary alicyclic amines) is 1. The van der Waals surface area contributed by atoms with E-state index in [0.717, 1.165) is 12.0 Å². The number of ether oxygens (including phenoxy) is 1. The van der Waals surface area contributed by atoms with Gasteiger partial charge in [0.25, 0.3) is 5.69 Å². The maximum atomic E-state index is 12.0. The molecule has 0 spiro atoms. The van der Waals surface area contributed by atoms with Crippen molar-refractivity contribution in [1.29, 1.82) is 0 Å². The van der Waals surface area contributed by atoms with Crippen LogP contribution in [0.25, 0.3) is 6.08 Å². The first-order chi connectivity index (χ1) is 10.7. The summed E-state index contributed by atoms with van der Waals surface area (Å²) < 4.78 is 5.37. The second-order valence-electron chi connectivity index (χ2n) is 6.68. The zero-order valence-corrected chi connectivity index (χ0v) is 13.7. The number of nitrogens with zero attached hydrogens (tertiary/aromatic N) is 2. The second-order valence-corrected chi connectivity index (χ2v) is 6.68. The SMILES string of the molecule is CC(C)(C)OC(=O)N1CC[C@H](/C=C/c2ccc([N+](=O)[O-])cc2)C1. The Bertz CT molecular complexity index is 602. The third-order valence-corrected chi connectivity index (χ3v) is 3.54. The predicted molar refractivity (Wildman–Crippen MR) is 88.0 cm³/mol. The fraction of sp³-hybridized carbons (Fsp3) is 0.471. The monoisotopic (exact) mass is 318 g/mol. The molecule has 1 fully saturated rings. The first-order valence-corrected chi connectivity index (χ1v) is 7.65. The highest BCUT2D eigenvalue weighted by atomic mass is 16.6. The summed E-state index contributed by atoms with van der Waals surface area (Å²) in [6, 6.07) is 6.41. The minimum atomic E-state index is -0.482. The highest BCUT2D eigenvalue weighted by molar-refractivity contribution is 5.68. The summed E-state index contributed by atoms with van der Waals surface area (Å²) in [6.45, 7) is 6.88. The van der Waals surface area contributed by atoms with E-state index in [2.05, 4.69) is 0 Å². The molecule has 0 radical (unpaired) electrons. The summed E-state index contributed by atoms with van der Waals surface area (Å²) in [6.07, 6.45) is 4.60. The van der Waals surface area contributed by atoms with E-state index in [1.165, 1.54) is 12.1 Å². The minimum absolute atomic E-state index is 0.0825. The molecule has 1 aromatic rings. The summed E-state index contributed by atoms with van der Waals surface area (Å²) in [7, 11) is 0. The zero-order chi connectivity index (χ0) is 17.0. The Morgan fingerprint density at radius 2 is 2.00 bits per heavy atom. The van der Waals surface area contributed by atoms with Crippen LogP contribution in [0.3, 0.4) is 0 Å². The van der Waals surface area contributed by atoms with Crippen molar-refractivity contribution in [3.63, 3.8) is 0 Å². The number of non-ortho nitro benzene ring substituents is 1. The van der Waals surface area contributed by atoms with Gasteiger partial charge in [0.1, 0.15) is 5.60 Å². The summed E-state index contributed by atoms with van der Waals surface area (Å²) in [5, 5.41) is 10.6. The van der Waals surface area contributed by atoms with Crippen LogP contribution in [0.4, 0.5) is 10.5 Å². The number of hydrogen-bond donors (Lipinski definition) is 0. The predicted octanol–water partition coefficient (Wildman–Crippen LogP) is 3.87. The lowest BCUT2D eigenvalue weighted by Crippen LogP contribution is -2.35. The largest absolute Gasteiger partial charge is 0.444 e. The smallest absolute Gasteiger partial charge is 0.410 e. The molecule has 1 heterocycles. The minimum Gasteiger partial charge on any atom is -0.444 e. The van der Waals surface area contributed by atoms with Crippen LogP contribution in [-0.2, 0) is 4.74 Å². The molecule has 1 atom stereocenters. The van der Waals surface area contributed by atoms with Crippen molar-refractivity contribution in [3.8, 4) is 0 Å². The second kappa shape index (κ2) is 6.81. The van der Waals surface area contributed by atoms with E-state index in [1.54, 1.807) is 17.0 Å². The Labute approximate surface area is 135 Å². The molecule has 2 rings (SSSR count). The number of hydrogen-bond acceptors (Lipinski definition) is 4. The summed E-state index contributed by atoms with van der Waals surface area (Å²) >= 11 is 0. The maximum Gasteiger partial charge on any atom is 0.410 e. The number of nitro groups is 1. The van der Waals surface area contributed by atoms with Gasteiger partial charge in [-0.2, -0.15) is 0 Å². The maximum absolute atomic E-state index is 12.0. The number of amides is 1. The van der Waals surface area contributed by atoms with E-state index in [1.807, 2.05) is 32.9 Å². The molecule has 1 amide bonds. The van der Waals surface area contributed by atoms with Gasteiger partial charge in [0, 0.05) is 25.2 Å². The zero-order valence-electron chi connectivity index (χ0n) is 13.7. The molecule has 6 heteroatoms. The average molecular weight is 318 g/mol. The first-order valence-electron chi connectivity index (χ1n) is 7.65. The van der Waals surface area contributed by atoms with Crippen molar-refractivity contribution in [2.24, 2.45) is 5.92 Å². The number of rotatable bonds is 3. The lowest BCUT2D eigenvalue weighted by Gasteiger charge is -2.24. The Kier molecular flexibility index (Phi) is 5.03. The van der Waals surface area contributed by atoms with Gasteiger partial charge in [0.2, 0.25) is 0 Å². The summed E-state index contributed by atoms with van der Waals surface area (Å²) in [5.41, 5.74) is 0.509. The van der Waals surface area contributed by atoms with Crippen LogP contribution >= 0.6 is 0 Å². The molecule has 0 aliphatic carbocycles. The van der Waals surface area contributed by atoms with E-state index >= 15 is 0 Å². The van der Waals surface area contributed by atoms with Gasteiger partial charge in [-0.1, -0.05) is 12.2 Å². The third kappa shape index (κ3) is 5.09. The molecule has 1 aliphatic rings. The van der Waals surface area contributed by atoms with Gasteiger partial charge in [-0.25, -0.2) is 4.79 Å². The van der Waals surface area contributed by atoms with Crippen molar-refractivity contribution in [2.45, 2.75) is 32.8 Å². The first kappa shape index (κ1) is 17.0. The summed E-state index contributed by atoms with van der Waals surface area (Å²) in [4.78, 5) is 23.9. The normalized spacial score (nSPS) is 18.4. The van der Waals surface area contributed by atoms with E-state index in [9.17, 15) is 14.9 Å². The highest BCUT2D eigenvalue weighted by Crippen LogP contribution is 2.22. The Morgan fingerprint density at radius 1 is 1.35 bits per heavy atom. The molecule has 6 nitrogen and oxygen atoms in total. The van der Waals surface area contributed by atoms with E-state index in [0.29, 0.717) is 13.1 Å². The van der Waals surface area contributed by atoms with Gasteiger partial charge in [0.15, 0.2) is 0 Å². The van der Waals surface area contributed by atoms with E-state index in [-0.39, 0.29) is 17.7 Å². The fourth-order valence-electron chi connectivity index (χ4n) is 2.39. The van der Waals surface area contributed by atoms with E-state index < -0.39 is 10.5 Å². The van der Waals surface area contributed by atoms with Crippen LogP contribution in [0.2, 0.25) is 0 Å². The fourth-order valence-corrected chi connectivity index (χ4v) is 2.39. The Hall–Kier alpha value is -2.37. The number of carbonyl (C=O) groups is 1. The Balaban J connectivity index is 1.89. The molecule has 23 heavy (non-hydrogen) atoms. The van der Waals surface area contributed by atoms with Crippen molar-refractivity contribution in [2.75, 3.05) is 13.1 Å².